The Balaban J connectivity index is 3.91. The van der Waals surface area contributed by atoms with E-state index in [1.165, 1.54) is 161 Å². The van der Waals surface area contributed by atoms with Crippen molar-refractivity contribution in [2.45, 2.75) is 169 Å². The van der Waals surface area contributed by atoms with E-state index in [0.29, 0.717) is 0 Å². The molecular formula is C30H64N2. The Morgan fingerprint density at radius 3 is 1.22 bits per heavy atom. The maximum absolute atomic E-state index is 3.95. The molecule has 0 aliphatic heterocycles. The molecule has 0 radical (unpaired) electrons. The molecule has 2 heteroatoms. The highest BCUT2D eigenvalue weighted by atomic mass is 15.1. The van der Waals surface area contributed by atoms with Gasteiger partial charge in [-0.1, -0.05) is 143 Å². The zero-order valence-corrected chi connectivity index (χ0v) is 23.2. The third kappa shape index (κ3) is 23.1. The summed E-state index contributed by atoms with van der Waals surface area (Å²) in [6, 6.07) is 0.765. The zero-order chi connectivity index (χ0) is 23.5. The van der Waals surface area contributed by atoms with Crippen LogP contribution in [0.3, 0.4) is 0 Å². The van der Waals surface area contributed by atoms with Crippen LogP contribution in [0.4, 0.5) is 0 Å². The van der Waals surface area contributed by atoms with Gasteiger partial charge in [0.25, 0.3) is 0 Å². The summed E-state index contributed by atoms with van der Waals surface area (Å²) in [7, 11) is 0. The molecule has 0 saturated carbocycles. The molecule has 1 N–H and O–H groups in total. The highest BCUT2D eigenvalue weighted by molar-refractivity contribution is 4.68. The van der Waals surface area contributed by atoms with E-state index in [2.05, 4.69) is 37.9 Å². The van der Waals surface area contributed by atoms with E-state index in [-0.39, 0.29) is 0 Å². The fourth-order valence-corrected chi connectivity index (χ4v) is 4.90. The minimum absolute atomic E-state index is 0.765. The van der Waals surface area contributed by atoms with Crippen molar-refractivity contribution in [3.8, 4) is 0 Å². The molecule has 0 amide bonds. The fraction of sp³-hybridized carbons (Fsp3) is 1.00. The van der Waals surface area contributed by atoms with Gasteiger partial charge in [0.05, 0.1) is 0 Å². The van der Waals surface area contributed by atoms with Gasteiger partial charge < -0.3 is 10.2 Å². The van der Waals surface area contributed by atoms with Crippen molar-refractivity contribution in [3.05, 3.63) is 0 Å². The summed E-state index contributed by atoms with van der Waals surface area (Å²) in [6.45, 7) is 14.0. The van der Waals surface area contributed by atoms with E-state index in [9.17, 15) is 0 Å². The predicted octanol–water partition coefficient (Wildman–Crippen LogP) is 9.52. The lowest BCUT2D eigenvalue weighted by Gasteiger charge is -2.21. The SMILES string of the molecule is CCCCCCCCCCCC(CCCCCCCCCCC)NCCCN(CC)CC. The lowest BCUT2D eigenvalue weighted by atomic mass is 9.99. The third-order valence-corrected chi connectivity index (χ3v) is 7.29. The van der Waals surface area contributed by atoms with Crippen LogP contribution in [0, 0.1) is 0 Å². The number of nitrogens with zero attached hydrogens (tertiary/aromatic N) is 1. The number of hydrogen-bond donors (Lipinski definition) is 1. The van der Waals surface area contributed by atoms with Gasteiger partial charge in [-0.15, -0.1) is 0 Å². The van der Waals surface area contributed by atoms with Crippen LogP contribution in [0.2, 0.25) is 0 Å². The van der Waals surface area contributed by atoms with Gasteiger partial charge in [0, 0.05) is 6.04 Å². The minimum atomic E-state index is 0.765. The molecule has 0 rings (SSSR count). The molecule has 194 valence electrons. The smallest absolute Gasteiger partial charge is 0.00670 e. The molecular weight excluding hydrogens is 388 g/mol. The van der Waals surface area contributed by atoms with E-state index >= 15 is 0 Å². The van der Waals surface area contributed by atoms with E-state index < -0.39 is 0 Å². The molecule has 0 unspecified atom stereocenters. The lowest BCUT2D eigenvalue weighted by molar-refractivity contribution is 0.293. The Kier molecular flexibility index (Phi) is 27.1. The van der Waals surface area contributed by atoms with Crippen molar-refractivity contribution in [2.75, 3.05) is 26.2 Å². The first-order valence-electron chi connectivity index (χ1n) is 15.2. The molecule has 0 fully saturated rings. The molecule has 0 aliphatic rings. The van der Waals surface area contributed by atoms with Crippen LogP contribution in [0.15, 0.2) is 0 Å². The van der Waals surface area contributed by atoms with E-state index in [1.54, 1.807) is 0 Å². The molecule has 2 nitrogen and oxygen atoms in total. The van der Waals surface area contributed by atoms with E-state index in [1.807, 2.05) is 0 Å². The highest BCUT2D eigenvalue weighted by Gasteiger charge is 2.08. The summed E-state index contributed by atoms with van der Waals surface area (Å²) in [6.07, 6.45) is 30.0. The van der Waals surface area contributed by atoms with Gasteiger partial charge in [0.1, 0.15) is 0 Å². The van der Waals surface area contributed by atoms with Crippen LogP contribution in [-0.4, -0.2) is 37.1 Å². The van der Waals surface area contributed by atoms with Crippen LogP contribution in [0.25, 0.3) is 0 Å². The number of hydrogen-bond acceptors (Lipinski definition) is 2. The molecule has 0 atom stereocenters. The van der Waals surface area contributed by atoms with Gasteiger partial charge in [-0.25, -0.2) is 0 Å². The zero-order valence-electron chi connectivity index (χ0n) is 23.2. The summed E-state index contributed by atoms with van der Waals surface area (Å²) in [5.74, 6) is 0. The van der Waals surface area contributed by atoms with E-state index in [0.717, 1.165) is 6.04 Å². The summed E-state index contributed by atoms with van der Waals surface area (Å²) in [5.41, 5.74) is 0. The second-order valence-corrected chi connectivity index (χ2v) is 10.3. The Bertz CT molecular complexity index is 305. The first-order chi connectivity index (χ1) is 15.8. The van der Waals surface area contributed by atoms with Crippen LogP contribution >= 0.6 is 0 Å². The maximum atomic E-state index is 3.95. The van der Waals surface area contributed by atoms with Gasteiger partial charge in [-0.2, -0.15) is 0 Å². The van der Waals surface area contributed by atoms with Crippen LogP contribution in [0.1, 0.15) is 163 Å². The highest BCUT2D eigenvalue weighted by Crippen LogP contribution is 2.16. The minimum Gasteiger partial charge on any atom is -0.314 e. The Labute approximate surface area is 205 Å². The van der Waals surface area contributed by atoms with Crippen LogP contribution < -0.4 is 5.32 Å². The van der Waals surface area contributed by atoms with Crippen molar-refractivity contribution >= 4 is 0 Å². The molecule has 0 aromatic carbocycles. The molecule has 0 aromatic heterocycles. The van der Waals surface area contributed by atoms with E-state index in [4.69, 9.17) is 0 Å². The maximum Gasteiger partial charge on any atom is 0.00670 e. The molecule has 0 spiro atoms. The van der Waals surface area contributed by atoms with Crippen molar-refractivity contribution in [1.82, 2.24) is 10.2 Å². The Morgan fingerprint density at radius 1 is 0.469 bits per heavy atom. The summed E-state index contributed by atoms with van der Waals surface area (Å²) in [5, 5.41) is 3.95. The van der Waals surface area contributed by atoms with Crippen molar-refractivity contribution in [1.29, 1.82) is 0 Å². The van der Waals surface area contributed by atoms with Crippen molar-refractivity contribution in [2.24, 2.45) is 0 Å². The average Bonchev–Trinajstić information content (AvgIpc) is 2.81. The Morgan fingerprint density at radius 2 is 0.844 bits per heavy atom. The largest absolute Gasteiger partial charge is 0.314 e. The summed E-state index contributed by atoms with van der Waals surface area (Å²) < 4.78 is 0. The predicted molar refractivity (Wildman–Crippen MR) is 148 cm³/mol. The first kappa shape index (κ1) is 31.9. The lowest BCUT2D eigenvalue weighted by Crippen LogP contribution is -2.33. The van der Waals surface area contributed by atoms with Gasteiger partial charge in [0.2, 0.25) is 0 Å². The van der Waals surface area contributed by atoms with Crippen molar-refractivity contribution in [3.63, 3.8) is 0 Å². The standard InChI is InChI=1S/C30H64N2/c1-5-9-11-13-15-17-19-21-23-26-30(31-28-25-29-32(7-3)8-4)27-24-22-20-18-16-14-12-10-6-2/h30-31H,5-29H2,1-4H3. The Hall–Kier alpha value is -0.0800. The third-order valence-electron chi connectivity index (χ3n) is 7.29. The van der Waals surface area contributed by atoms with Gasteiger partial charge in [-0.3, -0.25) is 0 Å². The second kappa shape index (κ2) is 27.2. The number of nitrogens with one attached hydrogen (secondary N) is 1. The average molecular weight is 453 g/mol. The molecule has 0 heterocycles. The van der Waals surface area contributed by atoms with Crippen LogP contribution in [-0.2, 0) is 0 Å². The van der Waals surface area contributed by atoms with Gasteiger partial charge in [-0.05, 0) is 45.4 Å². The normalized spacial score (nSPS) is 11.8. The van der Waals surface area contributed by atoms with Gasteiger partial charge in [0.15, 0.2) is 0 Å². The van der Waals surface area contributed by atoms with Gasteiger partial charge >= 0.3 is 0 Å². The quantitative estimate of drug-likeness (QED) is 0.125. The first-order valence-corrected chi connectivity index (χ1v) is 15.2. The van der Waals surface area contributed by atoms with Crippen molar-refractivity contribution < 1.29 is 0 Å². The fourth-order valence-electron chi connectivity index (χ4n) is 4.90. The van der Waals surface area contributed by atoms with Crippen LogP contribution in [0.5, 0.6) is 0 Å². The summed E-state index contributed by atoms with van der Waals surface area (Å²) >= 11 is 0. The second-order valence-electron chi connectivity index (χ2n) is 10.3. The molecule has 0 aliphatic carbocycles. The number of rotatable bonds is 27. The molecule has 0 aromatic rings. The summed E-state index contributed by atoms with van der Waals surface area (Å²) in [4.78, 5) is 2.55. The molecule has 0 bridgehead atoms. The molecule has 32 heavy (non-hydrogen) atoms. The monoisotopic (exact) mass is 453 g/mol. The number of unbranched alkanes of at least 4 members (excludes halogenated alkanes) is 16. The topological polar surface area (TPSA) is 15.3 Å². The molecule has 0 saturated heterocycles.